The summed E-state index contributed by atoms with van der Waals surface area (Å²) in [7, 11) is 3.45. The quantitative estimate of drug-likeness (QED) is 0.192. The molecule has 1 aromatic heterocycles. The van der Waals surface area contributed by atoms with Crippen LogP contribution in [0.4, 0.5) is 0 Å². The van der Waals surface area contributed by atoms with Crippen molar-refractivity contribution in [2.75, 3.05) is 46.9 Å². The lowest BCUT2D eigenvalue weighted by molar-refractivity contribution is 0.0954. The van der Waals surface area contributed by atoms with Crippen LogP contribution in [0.2, 0.25) is 0 Å². The van der Waals surface area contributed by atoms with Gasteiger partial charge in [-0.15, -0.1) is 24.0 Å². The van der Waals surface area contributed by atoms with Crippen molar-refractivity contribution in [2.24, 2.45) is 4.99 Å². The van der Waals surface area contributed by atoms with Crippen LogP contribution in [0, 0.1) is 0 Å². The highest BCUT2D eigenvalue weighted by Crippen LogP contribution is 2.27. The van der Waals surface area contributed by atoms with Crippen LogP contribution in [0.25, 0.3) is 0 Å². The molecule has 32 heavy (non-hydrogen) atoms. The zero-order chi connectivity index (χ0) is 21.9. The van der Waals surface area contributed by atoms with Crippen molar-refractivity contribution in [3.63, 3.8) is 0 Å². The standard InChI is InChI=1S/C23H32N6O2.HI/c1-24-23(27-12-11-26-22(30)19-8-6-10-25-16-19)28-17-21(29-13-3-4-14-29)18-7-5-9-20(15-18)31-2;/h5-10,15-16,21H,3-4,11-14,17H2,1-2H3,(H,26,30)(H2,24,27,28);1H. The number of rotatable bonds is 9. The highest BCUT2D eigenvalue weighted by molar-refractivity contribution is 14.0. The van der Waals surface area contributed by atoms with Gasteiger partial charge < -0.3 is 20.7 Å². The van der Waals surface area contributed by atoms with Crippen LogP contribution in [-0.4, -0.2) is 68.6 Å². The SMILES string of the molecule is CN=C(NCCNC(=O)c1cccnc1)NCC(c1cccc(OC)c1)N1CCCC1.I. The minimum Gasteiger partial charge on any atom is -0.497 e. The Hall–Kier alpha value is -2.40. The van der Waals surface area contributed by atoms with Crippen LogP contribution >= 0.6 is 24.0 Å². The van der Waals surface area contributed by atoms with Crippen LogP contribution in [0.15, 0.2) is 53.8 Å². The van der Waals surface area contributed by atoms with Gasteiger partial charge in [0.05, 0.1) is 18.7 Å². The molecule has 8 nitrogen and oxygen atoms in total. The van der Waals surface area contributed by atoms with Gasteiger partial charge in [0.1, 0.15) is 5.75 Å². The van der Waals surface area contributed by atoms with Gasteiger partial charge in [0, 0.05) is 39.1 Å². The number of pyridine rings is 1. The Morgan fingerprint density at radius 1 is 1.16 bits per heavy atom. The molecule has 1 atom stereocenters. The van der Waals surface area contributed by atoms with E-state index in [1.165, 1.54) is 18.4 Å². The minimum absolute atomic E-state index is 0. The van der Waals surface area contributed by atoms with Crippen molar-refractivity contribution < 1.29 is 9.53 Å². The molecule has 1 amide bonds. The van der Waals surface area contributed by atoms with E-state index in [0.29, 0.717) is 24.6 Å². The second kappa shape index (κ2) is 13.9. The van der Waals surface area contributed by atoms with Crippen LogP contribution in [0.5, 0.6) is 5.75 Å². The van der Waals surface area contributed by atoms with E-state index in [1.807, 2.05) is 12.1 Å². The molecule has 9 heteroatoms. The second-order valence-electron chi connectivity index (χ2n) is 7.41. The molecule has 1 saturated heterocycles. The number of aromatic nitrogens is 1. The molecule has 1 unspecified atom stereocenters. The van der Waals surface area contributed by atoms with E-state index >= 15 is 0 Å². The predicted octanol–water partition coefficient (Wildman–Crippen LogP) is 2.44. The zero-order valence-electron chi connectivity index (χ0n) is 18.7. The lowest BCUT2D eigenvalue weighted by Gasteiger charge is -2.29. The molecule has 174 valence electrons. The summed E-state index contributed by atoms with van der Waals surface area (Å²) in [5.74, 6) is 1.45. The molecule has 2 aromatic rings. The molecule has 1 aliphatic heterocycles. The highest BCUT2D eigenvalue weighted by Gasteiger charge is 2.24. The molecular weight excluding hydrogens is 519 g/mol. The molecule has 1 aliphatic rings. The van der Waals surface area contributed by atoms with Crippen LogP contribution in [0.3, 0.4) is 0 Å². The van der Waals surface area contributed by atoms with Crippen molar-refractivity contribution in [2.45, 2.75) is 18.9 Å². The number of amides is 1. The van der Waals surface area contributed by atoms with Crippen LogP contribution in [0.1, 0.15) is 34.8 Å². The van der Waals surface area contributed by atoms with E-state index in [-0.39, 0.29) is 35.9 Å². The number of nitrogens with zero attached hydrogens (tertiary/aromatic N) is 3. The average Bonchev–Trinajstić information content (AvgIpc) is 3.35. The Kier molecular flexibility index (Phi) is 11.2. The maximum absolute atomic E-state index is 12.1. The first-order chi connectivity index (χ1) is 15.2. The van der Waals surface area contributed by atoms with Gasteiger partial charge in [0.25, 0.3) is 5.91 Å². The fourth-order valence-electron chi connectivity index (χ4n) is 3.73. The number of hydrogen-bond donors (Lipinski definition) is 3. The van der Waals surface area contributed by atoms with Gasteiger partial charge >= 0.3 is 0 Å². The second-order valence-corrected chi connectivity index (χ2v) is 7.41. The molecule has 3 rings (SSSR count). The van der Waals surface area contributed by atoms with E-state index in [4.69, 9.17) is 4.74 Å². The van der Waals surface area contributed by atoms with Gasteiger partial charge in [-0.05, 0) is 55.8 Å². The number of guanidine groups is 1. The zero-order valence-corrected chi connectivity index (χ0v) is 21.0. The van der Waals surface area contributed by atoms with Gasteiger partial charge in [-0.2, -0.15) is 0 Å². The first kappa shape index (κ1) is 25.9. The largest absolute Gasteiger partial charge is 0.497 e. The Balaban J connectivity index is 0.00000363. The van der Waals surface area contributed by atoms with Crippen molar-refractivity contribution in [1.29, 1.82) is 0 Å². The summed E-state index contributed by atoms with van der Waals surface area (Å²) >= 11 is 0. The number of carbonyl (C=O) groups excluding carboxylic acids is 1. The maximum Gasteiger partial charge on any atom is 0.252 e. The molecule has 0 aliphatic carbocycles. The number of likely N-dealkylation sites (tertiary alicyclic amines) is 1. The smallest absolute Gasteiger partial charge is 0.252 e. The molecule has 3 N–H and O–H groups in total. The van der Waals surface area contributed by atoms with Gasteiger partial charge in [0.2, 0.25) is 0 Å². The first-order valence-electron chi connectivity index (χ1n) is 10.7. The van der Waals surface area contributed by atoms with Gasteiger partial charge in [-0.3, -0.25) is 19.7 Å². The Bertz CT molecular complexity index is 859. The topological polar surface area (TPSA) is 90.9 Å². The monoisotopic (exact) mass is 552 g/mol. The normalized spacial score (nSPS) is 14.9. The third kappa shape index (κ3) is 7.63. The van der Waals surface area contributed by atoms with E-state index in [2.05, 4.69) is 43.0 Å². The number of hydrogen-bond acceptors (Lipinski definition) is 5. The first-order valence-corrected chi connectivity index (χ1v) is 10.7. The summed E-state index contributed by atoms with van der Waals surface area (Å²) in [6, 6.07) is 12.0. The predicted molar refractivity (Wildman–Crippen MR) is 138 cm³/mol. The van der Waals surface area contributed by atoms with Crippen molar-refractivity contribution >= 4 is 35.8 Å². The molecule has 1 fully saturated rings. The summed E-state index contributed by atoms with van der Waals surface area (Å²) in [6.45, 7) is 3.97. The minimum atomic E-state index is -0.134. The van der Waals surface area contributed by atoms with Crippen LogP contribution < -0.4 is 20.7 Å². The van der Waals surface area contributed by atoms with Crippen LogP contribution in [-0.2, 0) is 0 Å². The number of benzene rings is 1. The fraction of sp³-hybridized carbons (Fsp3) is 0.435. The lowest BCUT2D eigenvalue weighted by atomic mass is 10.1. The number of methoxy groups -OCH3 is 1. The molecule has 0 bridgehead atoms. The Labute approximate surface area is 207 Å². The van der Waals surface area contributed by atoms with E-state index in [9.17, 15) is 4.79 Å². The highest BCUT2D eigenvalue weighted by atomic mass is 127. The Morgan fingerprint density at radius 3 is 2.62 bits per heavy atom. The fourth-order valence-corrected chi connectivity index (χ4v) is 3.73. The Morgan fingerprint density at radius 2 is 1.94 bits per heavy atom. The molecular formula is C23H33IN6O2. The molecule has 0 saturated carbocycles. The van der Waals surface area contributed by atoms with E-state index in [1.54, 1.807) is 38.7 Å². The van der Waals surface area contributed by atoms with Gasteiger partial charge in [0.15, 0.2) is 5.96 Å². The molecule has 0 radical (unpaired) electrons. The van der Waals surface area contributed by atoms with Crippen molar-refractivity contribution in [3.8, 4) is 5.75 Å². The van der Waals surface area contributed by atoms with E-state index in [0.717, 1.165) is 25.4 Å². The summed E-state index contributed by atoms with van der Waals surface area (Å²) in [6.07, 6.45) is 5.66. The molecule has 0 spiro atoms. The third-order valence-electron chi connectivity index (χ3n) is 5.37. The van der Waals surface area contributed by atoms with Crippen molar-refractivity contribution in [3.05, 3.63) is 59.9 Å². The lowest BCUT2D eigenvalue weighted by Crippen LogP contribution is -2.44. The summed E-state index contributed by atoms with van der Waals surface area (Å²) in [5, 5.41) is 9.58. The third-order valence-corrected chi connectivity index (χ3v) is 5.37. The maximum atomic E-state index is 12.1. The summed E-state index contributed by atoms with van der Waals surface area (Å²) < 4.78 is 5.42. The molecule has 1 aromatic carbocycles. The number of halogens is 1. The molecule has 2 heterocycles. The number of nitrogens with one attached hydrogen (secondary N) is 3. The number of aliphatic imine (C=N–C) groups is 1. The number of ether oxygens (including phenoxy) is 1. The average molecular weight is 552 g/mol. The summed E-state index contributed by atoms with van der Waals surface area (Å²) in [5.41, 5.74) is 1.78. The number of carbonyl (C=O) groups is 1. The van der Waals surface area contributed by atoms with Crippen molar-refractivity contribution in [1.82, 2.24) is 25.8 Å². The summed E-state index contributed by atoms with van der Waals surface area (Å²) in [4.78, 5) is 22.9. The van der Waals surface area contributed by atoms with Gasteiger partial charge in [-0.25, -0.2) is 0 Å². The van der Waals surface area contributed by atoms with Gasteiger partial charge in [-0.1, -0.05) is 12.1 Å². The van der Waals surface area contributed by atoms with E-state index < -0.39 is 0 Å².